The molecule has 0 spiro atoms. The SMILES string of the molecule is CNc1cc(NC)cc(NC)c1.I. The highest BCUT2D eigenvalue weighted by Gasteiger charge is 1.95. The standard InChI is InChI=1S/C9H15N3.HI/c1-10-7-4-8(11-2)6-9(5-7)12-3;/h4-6,10-12H,1-3H3;1H. The summed E-state index contributed by atoms with van der Waals surface area (Å²) in [6.45, 7) is 0. The maximum Gasteiger partial charge on any atom is 0.0379 e. The first-order valence-corrected chi connectivity index (χ1v) is 3.98. The highest BCUT2D eigenvalue weighted by molar-refractivity contribution is 14.0. The zero-order chi connectivity index (χ0) is 8.97. The molecule has 0 radical (unpaired) electrons. The van der Waals surface area contributed by atoms with Gasteiger partial charge in [0.2, 0.25) is 0 Å². The molecular formula is C9H16IN3. The quantitative estimate of drug-likeness (QED) is 0.749. The zero-order valence-corrected chi connectivity index (χ0v) is 10.5. The van der Waals surface area contributed by atoms with E-state index in [0.29, 0.717) is 0 Å². The van der Waals surface area contributed by atoms with Crippen molar-refractivity contribution in [3.8, 4) is 0 Å². The predicted octanol–water partition coefficient (Wildman–Crippen LogP) is 2.43. The van der Waals surface area contributed by atoms with Crippen molar-refractivity contribution in [2.24, 2.45) is 0 Å². The van der Waals surface area contributed by atoms with Gasteiger partial charge in [-0.15, -0.1) is 24.0 Å². The van der Waals surface area contributed by atoms with E-state index >= 15 is 0 Å². The van der Waals surface area contributed by atoms with Crippen LogP contribution in [0.25, 0.3) is 0 Å². The van der Waals surface area contributed by atoms with Crippen molar-refractivity contribution in [1.29, 1.82) is 0 Å². The smallest absolute Gasteiger partial charge is 0.0379 e. The Kier molecular flexibility index (Phi) is 5.61. The number of benzene rings is 1. The number of halogens is 1. The highest BCUT2D eigenvalue weighted by Crippen LogP contribution is 2.21. The molecule has 1 aromatic carbocycles. The molecule has 0 heterocycles. The maximum atomic E-state index is 3.10. The fraction of sp³-hybridized carbons (Fsp3) is 0.333. The summed E-state index contributed by atoms with van der Waals surface area (Å²) in [7, 11) is 5.73. The van der Waals surface area contributed by atoms with Gasteiger partial charge in [0.1, 0.15) is 0 Å². The molecule has 3 N–H and O–H groups in total. The summed E-state index contributed by atoms with van der Waals surface area (Å²) in [5.41, 5.74) is 3.31. The fourth-order valence-corrected chi connectivity index (χ4v) is 1.06. The summed E-state index contributed by atoms with van der Waals surface area (Å²) in [5, 5.41) is 9.29. The van der Waals surface area contributed by atoms with Crippen molar-refractivity contribution in [3.05, 3.63) is 18.2 Å². The minimum absolute atomic E-state index is 0. The van der Waals surface area contributed by atoms with Crippen molar-refractivity contribution in [2.45, 2.75) is 0 Å². The maximum absolute atomic E-state index is 3.10. The molecule has 0 saturated heterocycles. The number of nitrogens with one attached hydrogen (secondary N) is 3. The molecule has 0 unspecified atom stereocenters. The van der Waals surface area contributed by atoms with Gasteiger partial charge in [-0.25, -0.2) is 0 Å². The normalized spacial score (nSPS) is 8.54. The first-order chi connectivity index (χ1) is 5.80. The largest absolute Gasteiger partial charge is 0.388 e. The summed E-state index contributed by atoms with van der Waals surface area (Å²) < 4.78 is 0. The van der Waals surface area contributed by atoms with Crippen molar-refractivity contribution >= 4 is 41.0 Å². The lowest BCUT2D eigenvalue weighted by molar-refractivity contribution is 1.44. The summed E-state index contributed by atoms with van der Waals surface area (Å²) in [4.78, 5) is 0. The highest BCUT2D eigenvalue weighted by atomic mass is 127. The molecule has 0 aliphatic rings. The molecule has 0 aliphatic heterocycles. The third-order valence-corrected chi connectivity index (χ3v) is 1.80. The minimum Gasteiger partial charge on any atom is -0.388 e. The number of hydrogen-bond donors (Lipinski definition) is 3. The van der Waals surface area contributed by atoms with Crippen LogP contribution < -0.4 is 16.0 Å². The van der Waals surface area contributed by atoms with Crippen LogP contribution in [0.1, 0.15) is 0 Å². The average molecular weight is 293 g/mol. The van der Waals surface area contributed by atoms with Crippen LogP contribution in [0.4, 0.5) is 17.1 Å². The summed E-state index contributed by atoms with van der Waals surface area (Å²) in [6.07, 6.45) is 0. The lowest BCUT2D eigenvalue weighted by Gasteiger charge is -2.08. The Morgan fingerprint density at radius 3 is 1.08 bits per heavy atom. The number of rotatable bonds is 3. The second kappa shape index (κ2) is 5.90. The van der Waals surface area contributed by atoms with E-state index in [1.54, 1.807) is 0 Å². The molecule has 74 valence electrons. The monoisotopic (exact) mass is 293 g/mol. The molecule has 0 atom stereocenters. The third kappa shape index (κ3) is 3.30. The van der Waals surface area contributed by atoms with Crippen molar-refractivity contribution in [2.75, 3.05) is 37.1 Å². The van der Waals surface area contributed by atoms with Gasteiger partial charge in [0.25, 0.3) is 0 Å². The van der Waals surface area contributed by atoms with E-state index in [4.69, 9.17) is 0 Å². The van der Waals surface area contributed by atoms with E-state index in [1.165, 1.54) is 0 Å². The van der Waals surface area contributed by atoms with E-state index in [2.05, 4.69) is 34.1 Å². The Labute approximate surface area is 96.3 Å². The van der Waals surface area contributed by atoms with Crippen molar-refractivity contribution < 1.29 is 0 Å². The van der Waals surface area contributed by atoms with Crippen LogP contribution in [0.5, 0.6) is 0 Å². The average Bonchev–Trinajstić information content (AvgIpc) is 2.16. The van der Waals surface area contributed by atoms with Crippen LogP contribution in [-0.2, 0) is 0 Å². The Morgan fingerprint density at radius 1 is 0.692 bits per heavy atom. The van der Waals surface area contributed by atoms with Gasteiger partial charge < -0.3 is 16.0 Å². The van der Waals surface area contributed by atoms with Gasteiger partial charge in [-0.3, -0.25) is 0 Å². The number of anilines is 3. The van der Waals surface area contributed by atoms with Gasteiger partial charge in [-0.1, -0.05) is 0 Å². The van der Waals surface area contributed by atoms with Crippen LogP contribution in [-0.4, -0.2) is 21.1 Å². The molecule has 4 heteroatoms. The van der Waals surface area contributed by atoms with E-state index in [-0.39, 0.29) is 24.0 Å². The Hall–Kier alpha value is -0.650. The van der Waals surface area contributed by atoms with Gasteiger partial charge in [0.05, 0.1) is 0 Å². The molecule has 13 heavy (non-hydrogen) atoms. The molecule has 1 rings (SSSR count). The van der Waals surface area contributed by atoms with Crippen LogP contribution in [0.2, 0.25) is 0 Å². The molecule has 3 nitrogen and oxygen atoms in total. The molecule has 0 bridgehead atoms. The van der Waals surface area contributed by atoms with Gasteiger partial charge in [0.15, 0.2) is 0 Å². The van der Waals surface area contributed by atoms with Crippen LogP contribution >= 0.6 is 24.0 Å². The van der Waals surface area contributed by atoms with Crippen molar-refractivity contribution in [1.82, 2.24) is 0 Å². The molecule has 0 aliphatic carbocycles. The van der Waals surface area contributed by atoms with Crippen molar-refractivity contribution in [3.63, 3.8) is 0 Å². The van der Waals surface area contributed by atoms with E-state index in [1.807, 2.05) is 21.1 Å². The summed E-state index contributed by atoms with van der Waals surface area (Å²) >= 11 is 0. The molecular weight excluding hydrogens is 277 g/mol. The molecule has 0 amide bonds. The van der Waals surface area contributed by atoms with E-state index < -0.39 is 0 Å². The number of hydrogen-bond acceptors (Lipinski definition) is 3. The first kappa shape index (κ1) is 12.3. The molecule has 0 fully saturated rings. The Balaban J connectivity index is 0.00000144. The van der Waals surface area contributed by atoms with Crippen LogP contribution in [0, 0.1) is 0 Å². The molecule has 0 aromatic heterocycles. The Bertz CT molecular complexity index is 208. The first-order valence-electron chi connectivity index (χ1n) is 3.98. The lowest BCUT2D eigenvalue weighted by Crippen LogP contribution is -1.95. The van der Waals surface area contributed by atoms with Gasteiger partial charge in [0, 0.05) is 38.2 Å². The zero-order valence-electron chi connectivity index (χ0n) is 8.14. The van der Waals surface area contributed by atoms with Crippen LogP contribution in [0.3, 0.4) is 0 Å². The van der Waals surface area contributed by atoms with E-state index in [0.717, 1.165) is 17.1 Å². The lowest BCUT2D eigenvalue weighted by atomic mass is 10.2. The van der Waals surface area contributed by atoms with E-state index in [9.17, 15) is 0 Å². The second-order valence-corrected chi connectivity index (χ2v) is 2.55. The second-order valence-electron chi connectivity index (χ2n) is 2.55. The topological polar surface area (TPSA) is 36.1 Å². The predicted molar refractivity (Wildman–Crippen MR) is 70.5 cm³/mol. The fourth-order valence-electron chi connectivity index (χ4n) is 1.06. The summed E-state index contributed by atoms with van der Waals surface area (Å²) in [5.74, 6) is 0. The van der Waals surface area contributed by atoms with Gasteiger partial charge >= 0.3 is 0 Å². The summed E-state index contributed by atoms with van der Waals surface area (Å²) in [6, 6.07) is 6.17. The molecule has 0 saturated carbocycles. The third-order valence-electron chi connectivity index (χ3n) is 1.80. The van der Waals surface area contributed by atoms with Crippen LogP contribution in [0.15, 0.2) is 18.2 Å². The minimum atomic E-state index is 0. The van der Waals surface area contributed by atoms with Gasteiger partial charge in [-0.05, 0) is 18.2 Å². The Morgan fingerprint density at radius 2 is 0.923 bits per heavy atom. The van der Waals surface area contributed by atoms with Gasteiger partial charge in [-0.2, -0.15) is 0 Å². The molecule has 1 aromatic rings.